The first-order chi connectivity index (χ1) is 14.9. The molecule has 1 aromatic heterocycles. The van der Waals surface area contributed by atoms with Crippen LogP contribution in [0.1, 0.15) is 18.5 Å². The van der Waals surface area contributed by atoms with Gasteiger partial charge in [0, 0.05) is 31.3 Å². The molecule has 1 fully saturated rings. The molecule has 0 unspecified atom stereocenters. The molecule has 1 aliphatic heterocycles. The van der Waals surface area contributed by atoms with Crippen LogP contribution in [0.25, 0.3) is 11.5 Å². The van der Waals surface area contributed by atoms with E-state index in [0.29, 0.717) is 29.5 Å². The van der Waals surface area contributed by atoms with Gasteiger partial charge in [-0.05, 0) is 36.8 Å². The Balaban J connectivity index is 1.44. The summed E-state index contributed by atoms with van der Waals surface area (Å²) in [5.74, 6) is 0.659. The molecule has 1 amide bonds. The second kappa shape index (κ2) is 8.73. The summed E-state index contributed by atoms with van der Waals surface area (Å²) >= 11 is 0. The Hall–Kier alpha value is -3.46. The van der Waals surface area contributed by atoms with Gasteiger partial charge in [-0.2, -0.15) is 8.42 Å². The maximum absolute atomic E-state index is 12.7. The highest BCUT2D eigenvalue weighted by molar-refractivity contribution is 7.90. The molecule has 0 aliphatic carbocycles. The smallest absolute Gasteiger partial charge is 0.284 e. The second-order valence-electron chi connectivity index (χ2n) is 7.27. The van der Waals surface area contributed by atoms with E-state index in [2.05, 4.69) is 14.7 Å². The Kier molecular flexibility index (Phi) is 5.85. The molecule has 31 heavy (non-hydrogen) atoms. The number of amides is 1. The van der Waals surface area contributed by atoms with E-state index < -0.39 is 10.0 Å². The molecular formula is C22H22N4O4S. The molecule has 0 radical (unpaired) electrons. The van der Waals surface area contributed by atoms with Crippen LogP contribution in [0.3, 0.4) is 0 Å². The number of amidine groups is 1. The Morgan fingerprint density at radius 3 is 2.74 bits per heavy atom. The van der Waals surface area contributed by atoms with E-state index in [9.17, 15) is 13.2 Å². The lowest BCUT2D eigenvalue weighted by molar-refractivity contribution is -0.115. The van der Waals surface area contributed by atoms with E-state index in [1.165, 1.54) is 18.4 Å². The van der Waals surface area contributed by atoms with E-state index in [1.807, 2.05) is 42.3 Å². The summed E-state index contributed by atoms with van der Waals surface area (Å²) in [6.45, 7) is 0.790. The van der Waals surface area contributed by atoms with Gasteiger partial charge < -0.3 is 14.6 Å². The molecule has 0 spiro atoms. The summed E-state index contributed by atoms with van der Waals surface area (Å²) in [4.78, 5) is 18.6. The summed E-state index contributed by atoms with van der Waals surface area (Å²) in [6.07, 6.45) is 2.96. The number of hydrogen-bond acceptors (Lipinski definition) is 5. The minimum absolute atomic E-state index is 0.000404. The third kappa shape index (κ3) is 5.00. The lowest BCUT2D eigenvalue weighted by Gasteiger charge is -2.11. The zero-order valence-electron chi connectivity index (χ0n) is 17.0. The number of nitrogens with zero attached hydrogens (tertiary/aromatic N) is 3. The molecule has 4 rings (SSSR count). The molecule has 1 N–H and O–H groups in total. The molecule has 1 saturated heterocycles. The highest BCUT2D eigenvalue weighted by Crippen LogP contribution is 2.21. The fraction of sp³-hybridized carbons (Fsp3) is 0.227. The maximum Gasteiger partial charge on any atom is 0.284 e. The molecule has 9 heteroatoms. The normalized spacial score (nSPS) is 15.4. The molecule has 1 aliphatic rings. The molecule has 160 valence electrons. The number of nitrogens with one attached hydrogen (secondary N) is 1. The van der Waals surface area contributed by atoms with Crippen molar-refractivity contribution in [3.8, 4) is 11.5 Å². The predicted molar refractivity (Wildman–Crippen MR) is 117 cm³/mol. The summed E-state index contributed by atoms with van der Waals surface area (Å²) in [5, 5.41) is 2.71. The third-order valence-electron chi connectivity index (χ3n) is 4.89. The first kappa shape index (κ1) is 20.8. The van der Waals surface area contributed by atoms with Crippen LogP contribution in [-0.4, -0.2) is 43.6 Å². The van der Waals surface area contributed by atoms with Crippen molar-refractivity contribution in [2.75, 3.05) is 18.9 Å². The zero-order chi connectivity index (χ0) is 21.8. The molecule has 8 nitrogen and oxygen atoms in total. The van der Waals surface area contributed by atoms with Gasteiger partial charge in [-0.1, -0.05) is 24.3 Å². The van der Waals surface area contributed by atoms with Crippen molar-refractivity contribution < 1.29 is 17.6 Å². The van der Waals surface area contributed by atoms with Crippen molar-refractivity contribution in [1.29, 1.82) is 0 Å². The van der Waals surface area contributed by atoms with Gasteiger partial charge >= 0.3 is 0 Å². The van der Waals surface area contributed by atoms with E-state index in [1.54, 1.807) is 12.1 Å². The monoisotopic (exact) mass is 438 g/mol. The van der Waals surface area contributed by atoms with Gasteiger partial charge in [0.2, 0.25) is 11.8 Å². The van der Waals surface area contributed by atoms with Crippen LogP contribution in [0, 0.1) is 0 Å². The lowest BCUT2D eigenvalue weighted by atomic mass is 10.2. The summed E-state index contributed by atoms with van der Waals surface area (Å²) in [6, 6.07) is 15.5. The van der Waals surface area contributed by atoms with E-state index in [-0.39, 0.29) is 17.2 Å². The highest BCUT2D eigenvalue weighted by Gasteiger charge is 2.20. The second-order valence-corrected chi connectivity index (χ2v) is 8.87. The maximum atomic E-state index is 12.7. The Morgan fingerprint density at radius 1 is 1.19 bits per heavy atom. The number of rotatable bonds is 6. The highest BCUT2D eigenvalue weighted by atomic mass is 32.2. The quantitative estimate of drug-likeness (QED) is 0.633. The van der Waals surface area contributed by atoms with Crippen LogP contribution in [-0.2, 0) is 21.2 Å². The SMILES string of the molecule is CN1CCCC1=NS(=O)(=O)c1cccc(NC(=O)Cc2coc(-c3ccccc3)n2)c1. The zero-order valence-corrected chi connectivity index (χ0v) is 17.8. The minimum atomic E-state index is -3.85. The van der Waals surface area contributed by atoms with Gasteiger partial charge in [-0.15, -0.1) is 4.40 Å². The summed E-state index contributed by atoms with van der Waals surface area (Å²) in [5.41, 5.74) is 1.68. The van der Waals surface area contributed by atoms with Gasteiger partial charge in [0.1, 0.15) is 12.1 Å². The molecule has 0 bridgehead atoms. The van der Waals surface area contributed by atoms with Crippen LogP contribution >= 0.6 is 0 Å². The predicted octanol–water partition coefficient (Wildman–Crippen LogP) is 3.34. The lowest BCUT2D eigenvalue weighted by Crippen LogP contribution is -2.20. The number of oxazole rings is 1. The number of carbonyl (C=O) groups is 1. The summed E-state index contributed by atoms with van der Waals surface area (Å²) in [7, 11) is -2.03. The van der Waals surface area contributed by atoms with Crippen LogP contribution in [0.2, 0.25) is 0 Å². The minimum Gasteiger partial charge on any atom is -0.444 e. The fourth-order valence-electron chi connectivity index (χ4n) is 3.31. The largest absolute Gasteiger partial charge is 0.444 e. The fourth-order valence-corrected chi connectivity index (χ4v) is 4.45. The number of likely N-dealkylation sites (tertiary alicyclic amines) is 1. The molecular weight excluding hydrogens is 416 g/mol. The van der Waals surface area contributed by atoms with Crippen LogP contribution < -0.4 is 5.32 Å². The number of benzene rings is 2. The molecule has 2 heterocycles. The molecule has 0 saturated carbocycles. The van der Waals surface area contributed by atoms with Crippen LogP contribution in [0.15, 0.2) is 74.6 Å². The Labute approximate surface area is 180 Å². The number of aromatic nitrogens is 1. The topological polar surface area (TPSA) is 105 Å². The number of sulfonamides is 1. The van der Waals surface area contributed by atoms with Gasteiger partial charge in [0.15, 0.2) is 0 Å². The standard InChI is InChI=1S/C22H22N4O4S/c1-26-12-6-11-20(26)25-31(28,29)19-10-5-9-17(13-19)23-21(27)14-18-15-30-22(24-18)16-7-3-2-4-8-16/h2-5,7-10,13,15H,6,11-12,14H2,1H3,(H,23,27). The van der Waals surface area contributed by atoms with Crippen molar-refractivity contribution in [3.63, 3.8) is 0 Å². The van der Waals surface area contributed by atoms with E-state index >= 15 is 0 Å². The molecule has 0 atom stereocenters. The van der Waals surface area contributed by atoms with Crippen molar-refractivity contribution in [2.45, 2.75) is 24.2 Å². The van der Waals surface area contributed by atoms with Crippen LogP contribution in [0.4, 0.5) is 5.69 Å². The van der Waals surface area contributed by atoms with Crippen molar-refractivity contribution in [1.82, 2.24) is 9.88 Å². The van der Waals surface area contributed by atoms with E-state index in [0.717, 1.165) is 18.5 Å². The van der Waals surface area contributed by atoms with Gasteiger partial charge in [0.05, 0.1) is 17.0 Å². The van der Waals surface area contributed by atoms with Crippen molar-refractivity contribution >= 4 is 27.5 Å². The number of carbonyl (C=O) groups excluding carboxylic acids is 1. The van der Waals surface area contributed by atoms with Gasteiger partial charge in [-0.25, -0.2) is 4.98 Å². The average molecular weight is 439 g/mol. The average Bonchev–Trinajstić information content (AvgIpc) is 3.38. The van der Waals surface area contributed by atoms with Gasteiger partial charge in [-0.3, -0.25) is 4.79 Å². The van der Waals surface area contributed by atoms with E-state index in [4.69, 9.17) is 4.42 Å². The van der Waals surface area contributed by atoms with Crippen LogP contribution in [0.5, 0.6) is 0 Å². The van der Waals surface area contributed by atoms with Gasteiger partial charge in [0.25, 0.3) is 10.0 Å². The Bertz CT molecular complexity index is 1220. The van der Waals surface area contributed by atoms with Crippen molar-refractivity contribution in [2.24, 2.45) is 4.40 Å². The Morgan fingerprint density at radius 2 is 2.00 bits per heavy atom. The third-order valence-corrected chi connectivity index (χ3v) is 6.19. The molecule has 3 aromatic rings. The first-order valence-corrected chi connectivity index (χ1v) is 11.3. The number of hydrogen-bond donors (Lipinski definition) is 1. The number of anilines is 1. The van der Waals surface area contributed by atoms with Crippen molar-refractivity contribution in [3.05, 3.63) is 66.6 Å². The first-order valence-electron chi connectivity index (χ1n) is 9.85. The summed E-state index contributed by atoms with van der Waals surface area (Å²) < 4.78 is 34.7. The molecule has 2 aromatic carbocycles.